The van der Waals surface area contributed by atoms with Gasteiger partial charge in [0.05, 0.1) is 7.11 Å². The second-order valence-corrected chi connectivity index (χ2v) is 7.64. The molecule has 0 atom stereocenters. The van der Waals surface area contributed by atoms with Crippen molar-refractivity contribution >= 4 is 0 Å². The highest BCUT2D eigenvalue weighted by Gasteiger charge is 2.17. The molecule has 0 amide bonds. The van der Waals surface area contributed by atoms with Gasteiger partial charge in [0, 0.05) is 12.7 Å². The van der Waals surface area contributed by atoms with Crippen molar-refractivity contribution in [2.24, 2.45) is 5.41 Å². The Morgan fingerprint density at radius 1 is 0.926 bits per heavy atom. The number of benzene rings is 2. The molecule has 3 heteroatoms. The third-order valence-corrected chi connectivity index (χ3v) is 3.76. The average Bonchev–Trinajstić information content (AvgIpc) is 2.63. The molecule has 0 aliphatic carbocycles. The second-order valence-electron chi connectivity index (χ2n) is 7.64. The third kappa shape index (κ3) is 8.57. The van der Waals surface area contributed by atoms with Crippen LogP contribution in [-0.4, -0.2) is 19.3 Å². The molecule has 0 unspecified atom stereocenters. The maximum absolute atomic E-state index is 14.3. The van der Waals surface area contributed by atoms with Crippen LogP contribution in [0.2, 0.25) is 0 Å². The molecule has 0 aliphatic rings. The molecule has 0 saturated heterocycles. The summed E-state index contributed by atoms with van der Waals surface area (Å²) in [7, 11) is 2.60. The van der Waals surface area contributed by atoms with E-state index < -0.39 is 0 Å². The number of hydrogen-bond acceptors (Lipinski definition) is 2. The molecule has 0 bridgehead atoms. The summed E-state index contributed by atoms with van der Waals surface area (Å²) in [5.74, 6) is 0.470. The zero-order valence-electron chi connectivity index (χ0n) is 18.3. The first-order valence-corrected chi connectivity index (χ1v) is 9.66. The van der Waals surface area contributed by atoms with E-state index in [-0.39, 0.29) is 11.2 Å². The van der Waals surface area contributed by atoms with E-state index in [0.29, 0.717) is 11.3 Å². The zero-order valence-corrected chi connectivity index (χ0v) is 18.3. The summed E-state index contributed by atoms with van der Waals surface area (Å²) in [5, 5.41) is 7.00. The third-order valence-electron chi connectivity index (χ3n) is 3.76. The SMILES string of the molecule is CCC.CCc1ccc(-c2cc(OC)ccc2F)c(CC(C)(C)C)c1.CO. The molecule has 0 heterocycles. The van der Waals surface area contributed by atoms with Crippen LogP contribution in [0.3, 0.4) is 0 Å². The molecule has 0 fully saturated rings. The first-order valence-electron chi connectivity index (χ1n) is 9.66. The number of rotatable bonds is 4. The van der Waals surface area contributed by atoms with Crippen LogP contribution in [0.1, 0.15) is 59.1 Å². The van der Waals surface area contributed by atoms with E-state index in [0.717, 1.165) is 25.5 Å². The lowest BCUT2D eigenvalue weighted by Crippen LogP contribution is -2.10. The Bertz CT molecular complexity index is 673. The molecular formula is C24H37FO2. The summed E-state index contributed by atoms with van der Waals surface area (Å²) in [5.41, 5.74) is 4.20. The van der Waals surface area contributed by atoms with Gasteiger partial charge in [-0.2, -0.15) is 0 Å². The Hall–Kier alpha value is -1.87. The standard InChI is InChI=1S/C20H25FO.C3H8.CH4O/c1-6-14-7-9-17(15(11-14)13-20(2,3)4)18-12-16(22-5)8-10-19(18)21;1-3-2;1-2/h7-12H,6,13H2,1-5H3;3H2,1-2H3;2H,1H3. The Kier molecular flexibility index (Phi) is 11.6. The fourth-order valence-electron chi connectivity index (χ4n) is 2.69. The number of aryl methyl sites for hydroxylation is 1. The first-order chi connectivity index (χ1) is 12.8. The minimum Gasteiger partial charge on any atom is -0.497 e. The molecule has 2 aromatic rings. The Morgan fingerprint density at radius 3 is 2.00 bits per heavy atom. The van der Waals surface area contributed by atoms with Crippen LogP contribution >= 0.6 is 0 Å². The van der Waals surface area contributed by atoms with E-state index in [1.165, 1.54) is 23.6 Å². The summed E-state index contributed by atoms with van der Waals surface area (Å²) >= 11 is 0. The van der Waals surface area contributed by atoms with E-state index >= 15 is 0 Å². The van der Waals surface area contributed by atoms with E-state index in [1.54, 1.807) is 19.2 Å². The van der Waals surface area contributed by atoms with Crippen molar-refractivity contribution in [3.63, 3.8) is 0 Å². The number of hydrogen-bond donors (Lipinski definition) is 1. The predicted octanol–water partition coefficient (Wildman–Crippen LogP) is 6.68. The maximum atomic E-state index is 14.3. The Balaban J connectivity index is 0.00000123. The van der Waals surface area contributed by atoms with Crippen LogP contribution in [0.5, 0.6) is 5.75 Å². The molecule has 0 aromatic heterocycles. The molecular weight excluding hydrogens is 339 g/mol. The Morgan fingerprint density at radius 2 is 1.52 bits per heavy atom. The molecule has 2 aromatic carbocycles. The highest BCUT2D eigenvalue weighted by molar-refractivity contribution is 5.70. The van der Waals surface area contributed by atoms with Gasteiger partial charge in [-0.3, -0.25) is 0 Å². The Labute approximate surface area is 165 Å². The summed E-state index contributed by atoms with van der Waals surface area (Å²) in [4.78, 5) is 0. The molecule has 2 rings (SSSR count). The molecule has 0 spiro atoms. The fourth-order valence-corrected chi connectivity index (χ4v) is 2.69. The van der Waals surface area contributed by atoms with E-state index in [1.807, 2.05) is 6.07 Å². The average molecular weight is 377 g/mol. The van der Waals surface area contributed by atoms with E-state index in [9.17, 15) is 4.39 Å². The van der Waals surface area contributed by atoms with Crippen LogP contribution in [-0.2, 0) is 12.8 Å². The highest BCUT2D eigenvalue weighted by Crippen LogP contribution is 2.33. The first kappa shape index (κ1) is 25.1. The van der Waals surface area contributed by atoms with Crippen molar-refractivity contribution in [1.29, 1.82) is 0 Å². The van der Waals surface area contributed by atoms with Crippen LogP contribution in [0.4, 0.5) is 4.39 Å². The van der Waals surface area contributed by atoms with Crippen LogP contribution in [0.25, 0.3) is 11.1 Å². The lowest BCUT2D eigenvalue weighted by Gasteiger charge is -2.22. The van der Waals surface area contributed by atoms with Crippen molar-refractivity contribution < 1.29 is 14.2 Å². The van der Waals surface area contributed by atoms with Gasteiger partial charge in [0.15, 0.2) is 0 Å². The molecule has 0 aliphatic heterocycles. The maximum Gasteiger partial charge on any atom is 0.131 e. The summed E-state index contributed by atoms with van der Waals surface area (Å²) in [6.07, 6.45) is 3.14. The lowest BCUT2D eigenvalue weighted by molar-refractivity contribution is 0.399. The van der Waals surface area contributed by atoms with Crippen molar-refractivity contribution in [3.8, 4) is 16.9 Å². The summed E-state index contributed by atoms with van der Waals surface area (Å²) in [6, 6.07) is 11.2. The minimum absolute atomic E-state index is 0.149. The number of aliphatic hydroxyl groups is 1. The van der Waals surface area contributed by atoms with Gasteiger partial charge in [-0.25, -0.2) is 4.39 Å². The van der Waals surface area contributed by atoms with Gasteiger partial charge in [-0.15, -0.1) is 0 Å². The number of aliphatic hydroxyl groups excluding tert-OH is 1. The normalized spacial score (nSPS) is 10.3. The van der Waals surface area contributed by atoms with Crippen molar-refractivity contribution in [2.75, 3.05) is 14.2 Å². The second kappa shape index (κ2) is 12.5. The molecule has 1 N–H and O–H groups in total. The largest absolute Gasteiger partial charge is 0.497 e. The topological polar surface area (TPSA) is 29.5 Å². The van der Waals surface area contributed by atoms with Gasteiger partial charge in [-0.1, -0.05) is 66.2 Å². The smallest absolute Gasteiger partial charge is 0.131 e. The number of halogens is 1. The van der Waals surface area contributed by atoms with Crippen LogP contribution < -0.4 is 4.74 Å². The van der Waals surface area contributed by atoms with Crippen LogP contribution in [0, 0.1) is 11.2 Å². The summed E-state index contributed by atoms with van der Waals surface area (Å²) in [6.45, 7) is 13.0. The van der Waals surface area contributed by atoms with Gasteiger partial charge in [-0.05, 0) is 53.1 Å². The van der Waals surface area contributed by atoms with E-state index in [2.05, 4.69) is 53.7 Å². The highest BCUT2D eigenvalue weighted by atomic mass is 19.1. The summed E-state index contributed by atoms with van der Waals surface area (Å²) < 4.78 is 19.6. The predicted molar refractivity (Wildman–Crippen MR) is 115 cm³/mol. The van der Waals surface area contributed by atoms with Gasteiger partial charge >= 0.3 is 0 Å². The zero-order chi connectivity index (χ0) is 21.0. The van der Waals surface area contributed by atoms with Gasteiger partial charge in [0.25, 0.3) is 0 Å². The molecule has 27 heavy (non-hydrogen) atoms. The fraction of sp³-hybridized carbons (Fsp3) is 0.500. The van der Waals surface area contributed by atoms with Gasteiger partial charge in [0.1, 0.15) is 11.6 Å². The van der Waals surface area contributed by atoms with Crippen molar-refractivity contribution in [2.45, 2.75) is 60.8 Å². The molecule has 0 radical (unpaired) electrons. The van der Waals surface area contributed by atoms with Gasteiger partial charge in [0.2, 0.25) is 0 Å². The van der Waals surface area contributed by atoms with Crippen LogP contribution in [0.15, 0.2) is 36.4 Å². The van der Waals surface area contributed by atoms with E-state index in [4.69, 9.17) is 9.84 Å². The number of ether oxygens (including phenoxy) is 1. The van der Waals surface area contributed by atoms with Crippen molar-refractivity contribution in [1.82, 2.24) is 0 Å². The molecule has 152 valence electrons. The molecule has 0 saturated carbocycles. The minimum atomic E-state index is -0.208. The quantitative estimate of drug-likeness (QED) is 0.645. The number of methoxy groups -OCH3 is 1. The molecule has 2 nitrogen and oxygen atoms in total. The monoisotopic (exact) mass is 376 g/mol. The van der Waals surface area contributed by atoms with Crippen molar-refractivity contribution in [3.05, 3.63) is 53.3 Å². The lowest BCUT2D eigenvalue weighted by atomic mass is 9.84. The van der Waals surface area contributed by atoms with Gasteiger partial charge < -0.3 is 9.84 Å².